The zero-order valence-corrected chi connectivity index (χ0v) is 10.9. The van der Waals surface area contributed by atoms with Crippen LogP contribution in [-0.4, -0.2) is 63.3 Å². The van der Waals surface area contributed by atoms with Crippen LogP contribution >= 0.6 is 0 Å². The number of carbonyl (C=O) groups is 1. The van der Waals surface area contributed by atoms with Gasteiger partial charge in [0.25, 0.3) is 0 Å². The normalized spacial score (nSPS) is 26.2. The van der Waals surface area contributed by atoms with Gasteiger partial charge in [-0.3, -0.25) is 0 Å². The Balaban J connectivity index is 1.61. The van der Waals surface area contributed by atoms with Crippen molar-refractivity contribution in [2.75, 3.05) is 40.0 Å². The summed E-state index contributed by atoms with van der Waals surface area (Å²) in [4.78, 5) is 13.4. The van der Waals surface area contributed by atoms with Crippen molar-refractivity contribution in [2.24, 2.45) is 0 Å². The number of likely N-dealkylation sites (tertiary alicyclic amines) is 1. The van der Waals surface area contributed by atoms with Crippen molar-refractivity contribution in [3.8, 4) is 0 Å². The van der Waals surface area contributed by atoms with Gasteiger partial charge in [0, 0.05) is 32.1 Å². The molecule has 0 aliphatic carbocycles. The van der Waals surface area contributed by atoms with E-state index >= 15 is 0 Å². The molecule has 0 bridgehead atoms. The molecular weight excluding hydrogens is 236 g/mol. The van der Waals surface area contributed by atoms with E-state index in [2.05, 4.69) is 15.0 Å². The van der Waals surface area contributed by atoms with E-state index in [1.54, 1.807) is 0 Å². The second-order valence-corrected chi connectivity index (χ2v) is 4.74. The molecule has 2 saturated heterocycles. The maximum atomic E-state index is 11.1. The van der Waals surface area contributed by atoms with E-state index in [0.29, 0.717) is 0 Å². The van der Waals surface area contributed by atoms with E-state index in [-0.39, 0.29) is 18.4 Å². The molecular formula is C12H22N2O4. The third kappa shape index (κ3) is 4.12. The lowest BCUT2D eigenvalue weighted by Crippen LogP contribution is -2.37. The molecule has 6 heteroatoms. The average Bonchev–Trinajstić information content (AvgIpc) is 2.85. The average molecular weight is 258 g/mol. The van der Waals surface area contributed by atoms with E-state index in [0.717, 1.165) is 52.1 Å². The van der Waals surface area contributed by atoms with Gasteiger partial charge < -0.3 is 24.4 Å². The van der Waals surface area contributed by atoms with Crippen LogP contribution in [0.3, 0.4) is 0 Å². The molecule has 0 spiro atoms. The molecule has 2 rings (SSSR count). The van der Waals surface area contributed by atoms with Crippen LogP contribution in [0.4, 0.5) is 4.79 Å². The summed E-state index contributed by atoms with van der Waals surface area (Å²) >= 11 is 0. The van der Waals surface area contributed by atoms with E-state index in [4.69, 9.17) is 9.47 Å². The minimum atomic E-state index is -0.346. The third-order valence-electron chi connectivity index (χ3n) is 3.36. The Bertz CT molecular complexity index is 269. The smallest absolute Gasteiger partial charge is 0.407 e. The Morgan fingerprint density at radius 1 is 1.44 bits per heavy atom. The number of nitrogens with zero attached hydrogens (tertiary/aromatic N) is 1. The maximum Gasteiger partial charge on any atom is 0.407 e. The second-order valence-electron chi connectivity index (χ2n) is 4.74. The van der Waals surface area contributed by atoms with Crippen molar-refractivity contribution in [3.63, 3.8) is 0 Å². The number of nitrogens with one attached hydrogen (secondary N) is 1. The van der Waals surface area contributed by atoms with Crippen LogP contribution < -0.4 is 5.32 Å². The molecule has 1 unspecified atom stereocenters. The molecule has 6 nitrogen and oxygen atoms in total. The number of hydrogen-bond acceptors (Lipinski definition) is 5. The third-order valence-corrected chi connectivity index (χ3v) is 3.36. The van der Waals surface area contributed by atoms with Gasteiger partial charge in [0.05, 0.1) is 20.3 Å². The molecule has 1 amide bonds. The number of carbonyl (C=O) groups excluding carboxylic acids is 1. The number of hydrogen-bond donors (Lipinski definition) is 1. The van der Waals surface area contributed by atoms with Crippen LogP contribution in [0.15, 0.2) is 0 Å². The first-order chi connectivity index (χ1) is 8.78. The van der Waals surface area contributed by atoms with E-state index in [1.165, 1.54) is 7.11 Å². The Morgan fingerprint density at radius 3 is 2.94 bits per heavy atom. The predicted octanol–water partition coefficient (Wildman–Crippen LogP) is 0.570. The van der Waals surface area contributed by atoms with Crippen LogP contribution in [0, 0.1) is 0 Å². The lowest BCUT2D eigenvalue weighted by molar-refractivity contribution is -0.182. The molecule has 0 aromatic rings. The topological polar surface area (TPSA) is 60.0 Å². The number of ether oxygens (including phenoxy) is 3. The van der Waals surface area contributed by atoms with Crippen molar-refractivity contribution in [1.29, 1.82) is 0 Å². The van der Waals surface area contributed by atoms with Crippen molar-refractivity contribution in [1.82, 2.24) is 10.2 Å². The summed E-state index contributed by atoms with van der Waals surface area (Å²) in [6, 6.07) is 0.200. The highest BCUT2D eigenvalue weighted by molar-refractivity contribution is 5.67. The molecule has 0 aromatic carbocycles. The molecule has 1 N–H and O–H groups in total. The van der Waals surface area contributed by atoms with Gasteiger partial charge in [-0.05, 0) is 12.8 Å². The molecule has 0 radical (unpaired) electrons. The summed E-state index contributed by atoms with van der Waals surface area (Å²) in [6.45, 7) is 4.43. The molecule has 1 atom stereocenters. The maximum absolute atomic E-state index is 11.1. The van der Waals surface area contributed by atoms with E-state index in [9.17, 15) is 4.79 Å². The minimum absolute atomic E-state index is 0.0497. The van der Waals surface area contributed by atoms with Crippen molar-refractivity contribution in [3.05, 3.63) is 0 Å². The highest BCUT2D eigenvalue weighted by Crippen LogP contribution is 2.13. The Kier molecular flexibility index (Phi) is 5.22. The van der Waals surface area contributed by atoms with Gasteiger partial charge in [-0.1, -0.05) is 0 Å². The Morgan fingerprint density at radius 2 is 2.22 bits per heavy atom. The quantitative estimate of drug-likeness (QED) is 0.799. The van der Waals surface area contributed by atoms with Crippen LogP contribution in [0.1, 0.15) is 19.3 Å². The summed E-state index contributed by atoms with van der Waals surface area (Å²) in [5.74, 6) is 0. The fraction of sp³-hybridized carbons (Fsp3) is 0.917. The second kappa shape index (κ2) is 6.92. The van der Waals surface area contributed by atoms with Gasteiger partial charge in [-0.25, -0.2) is 4.79 Å². The molecule has 2 aliphatic rings. The van der Waals surface area contributed by atoms with E-state index < -0.39 is 0 Å². The number of amides is 1. The van der Waals surface area contributed by atoms with E-state index in [1.807, 2.05) is 0 Å². The summed E-state index contributed by atoms with van der Waals surface area (Å²) in [5.41, 5.74) is 0. The van der Waals surface area contributed by atoms with Crippen LogP contribution in [0.2, 0.25) is 0 Å². The van der Waals surface area contributed by atoms with Crippen LogP contribution in [0.5, 0.6) is 0 Å². The van der Waals surface area contributed by atoms with Crippen molar-refractivity contribution >= 4 is 6.09 Å². The van der Waals surface area contributed by atoms with Gasteiger partial charge in [0.2, 0.25) is 0 Å². The number of methoxy groups -OCH3 is 1. The Hall–Kier alpha value is -0.850. The molecule has 2 fully saturated rings. The van der Waals surface area contributed by atoms with Crippen molar-refractivity contribution in [2.45, 2.75) is 31.6 Å². The van der Waals surface area contributed by atoms with Crippen LogP contribution in [0.25, 0.3) is 0 Å². The zero-order chi connectivity index (χ0) is 12.8. The molecule has 104 valence electrons. The zero-order valence-electron chi connectivity index (χ0n) is 10.9. The first-order valence-corrected chi connectivity index (χ1v) is 6.58. The molecule has 2 aliphatic heterocycles. The fourth-order valence-corrected chi connectivity index (χ4v) is 2.37. The number of rotatable bonds is 4. The first-order valence-electron chi connectivity index (χ1n) is 6.58. The SMILES string of the molecule is COC(=O)NC1CCN(CCC2OCCCO2)C1. The molecule has 0 saturated carbocycles. The molecule has 0 aromatic heterocycles. The van der Waals surface area contributed by atoms with Gasteiger partial charge >= 0.3 is 6.09 Å². The highest BCUT2D eigenvalue weighted by atomic mass is 16.7. The monoisotopic (exact) mass is 258 g/mol. The molecule has 18 heavy (non-hydrogen) atoms. The van der Waals surface area contributed by atoms with Crippen molar-refractivity contribution < 1.29 is 19.0 Å². The lowest BCUT2D eigenvalue weighted by Gasteiger charge is -2.25. The standard InChI is InChI=1S/C12H22N2O4/c1-16-12(15)13-10-3-5-14(9-10)6-4-11-17-7-2-8-18-11/h10-11H,2-9H2,1H3,(H,13,15). The predicted molar refractivity (Wildman–Crippen MR) is 65.3 cm³/mol. The highest BCUT2D eigenvalue weighted by Gasteiger charge is 2.25. The summed E-state index contributed by atoms with van der Waals surface area (Å²) in [5, 5.41) is 2.83. The first kappa shape index (κ1) is 13.6. The lowest BCUT2D eigenvalue weighted by atomic mass is 10.3. The number of alkyl carbamates (subject to hydrolysis) is 1. The van der Waals surface area contributed by atoms with Gasteiger partial charge in [0.1, 0.15) is 0 Å². The summed E-state index contributed by atoms with van der Waals surface area (Å²) in [6.07, 6.45) is 2.46. The van der Waals surface area contributed by atoms with Gasteiger partial charge in [0.15, 0.2) is 6.29 Å². The van der Waals surface area contributed by atoms with Gasteiger partial charge in [-0.15, -0.1) is 0 Å². The summed E-state index contributed by atoms with van der Waals surface area (Å²) < 4.78 is 15.6. The van der Waals surface area contributed by atoms with Gasteiger partial charge in [-0.2, -0.15) is 0 Å². The van der Waals surface area contributed by atoms with Crippen LogP contribution in [-0.2, 0) is 14.2 Å². The molecule has 2 heterocycles. The minimum Gasteiger partial charge on any atom is -0.453 e. The Labute approximate surface area is 108 Å². The fourth-order valence-electron chi connectivity index (χ4n) is 2.37. The summed E-state index contributed by atoms with van der Waals surface area (Å²) in [7, 11) is 1.39. The largest absolute Gasteiger partial charge is 0.453 e.